The number of carbonyl (C=O) groups excluding carboxylic acids is 1. The number of nitrogens with one attached hydrogen (secondary N) is 1. The van der Waals surface area contributed by atoms with E-state index < -0.39 is 6.10 Å². The third kappa shape index (κ3) is 4.94. The number of benzene rings is 2. The second-order valence-corrected chi connectivity index (χ2v) is 5.50. The number of carbonyl (C=O) groups is 1. The van der Waals surface area contributed by atoms with Gasteiger partial charge in [-0.3, -0.25) is 4.79 Å². The Kier molecular flexibility index (Phi) is 5.89. The van der Waals surface area contributed by atoms with E-state index in [0.717, 1.165) is 22.4 Å². The molecule has 2 rings (SSSR count). The first kappa shape index (κ1) is 16.7. The minimum absolute atomic E-state index is 0.249. The Morgan fingerprint density at radius 1 is 1.13 bits per heavy atom. The molecule has 0 aliphatic carbocycles. The average Bonchev–Trinajstić information content (AvgIpc) is 2.57. The molecule has 1 N–H and O–H groups in total. The second kappa shape index (κ2) is 8.11. The highest BCUT2D eigenvalue weighted by molar-refractivity contribution is 8.03. The lowest BCUT2D eigenvalue weighted by atomic mass is 10.3. The summed E-state index contributed by atoms with van der Waals surface area (Å²) in [5.74, 6) is 1.07. The molecule has 0 saturated carbocycles. The number of amides is 1. The van der Waals surface area contributed by atoms with Crippen molar-refractivity contribution in [1.82, 2.24) is 0 Å². The van der Waals surface area contributed by atoms with Crippen LogP contribution in [0.4, 0.5) is 5.69 Å². The van der Waals surface area contributed by atoms with Crippen LogP contribution < -0.4 is 14.8 Å². The number of thiocyanates is 1. The molecule has 0 fully saturated rings. The van der Waals surface area contributed by atoms with Gasteiger partial charge < -0.3 is 14.8 Å². The number of nitrogens with zero attached hydrogens (tertiary/aromatic N) is 1. The van der Waals surface area contributed by atoms with Crippen LogP contribution in [0.2, 0.25) is 0 Å². The lowest BCUT2D eigenvalue weighted by Crippen LogP contribution is -2.30. The molecular weight excluding hydrogens is 312 g/mol. The number of hydrogen-bond acceptors (Lipinski definition) is 5. The number of ether oxygens (including phenoxy) is 2. The topological polar surface area (TPSA) is 71.3 Å². The van der Waals surface area contributed by atoms with E-state index in [1.54, 1.807) is 62.6 Å². The lowest BCUT2D eigenvalue weighted by molar-refractivity contribution is -0.122. The molecule has 2 aromatic rings. The van der Waals surface area contributed by atoms with E-state index in [9.17, 15) is 4.79 Å². The van der Waals surface area contributed by atoms with Crippen LogP contribution in [-0.2, 0) is 4.79 Å². The number of anilines is 1. The maximum atomic E-state index is 12.1. The molecule has 0 bridgehead atoms. The van der Waals surface area contributed by atoms with Crippen molar-refractivity contribution in [3.8, 4) is 16.9 Å². The maximum absolute atomic E-state index is 12.1. The number of rotatable bonds is 6. The lowest BCUT2D eigenvalue weighted by Gasteiger charge is -2.15. The third-order valence-electron chi connectivity index (χ3n) is 3.03. The fraction of sp³-hybridized carbons (Fsp3) is 0.176. The van der Waals surface area contributed by atoms with Gasteiger partial charge in [-0.1, -0.05) is 0 Å². The highest BCUT2D eigenvalue weighted by Crippen LogP contribution is 2.20. The molecule has 2 aromatic carbocycles. The highest BCUT2D eigenvalue weighted by atomic mass is 32.2. The van der Waals surface area contributed by atoms with Gasteiger partial charge in [-0.15, -0.1) is 0 Å². The van der Waals surface area contributed by atoms with Crippen LogP contribution in [0.3, 0.4) is 0 Å². The molecule has 118 valence electrons. The van der Waals surface area contributed by atoms with Crippen LogP contribution in [0.15, 0.2) is 53.4 Å². The van der Waals surface area contributed by atoms with Crippen molar-refractivity contribution in [2.24, 2.45) is 0 Å². The minimum atomic E-state index is -0.642. The van der Waals surface area contributed by atoms with E-state index in [0.29, 0.717) is 11.4 Å². The number of thioether (sulfide) groups is 1. The zero-order valence-electron chi connectivity index (χ0n) is 12.8. The van der Waals surface area contributed by atoms with Gasteiger partial charge in [0.25, 0.3) is 5.91 Å². The van der Waals surface area contributed by atoms with Crippen LogP contribution in [0.25, 0.3) is 0 Å². The maximum Gasteiger partial charge on any atom is 0.265 e. The largest absolute Gasteiger partial charge is 0.497 e. The van der Waals surface area contributed by atoms with Crippen LogP contribution in [0.1, 0.15) is 6.92 Å². The Bertz CT molecular complexity index is 693. The summed E-state index contributed by atoms with van der Waals surface area (Å²) in [4.78, 5) is 13.0. The van der Waals surface area contributed by atoms with E-state index in [2.05, 4.69) is 5.32 Å². The third-order valence-corrected chi connectivity index (χ3v) is 3.63. The summed E-state index contributed by atoms with van der Waals surface area (Å²) < 4.78 is 10.7. The first-order valence-electron chi connectivity index (χ1n) is 6.90. The van der Waals surface area contributed by atoms with E-state index in [1.165, 1.54) is 0 Å². The van der Waals surface area contributed by atoms with Crippen LogP contribution in [-0.4, -0.2) is 19.1 Å². The summed E-state index contributed by atoms with van der Waals surface area (Å²) in [6.07, 6.45) is -0.642. The number of nitriles is 1. The van der Waals surface area contributed by atoms with Crippen molar-refractivity contribution in [2.75, 3.05) is 12.4 Å². The van der Waals surface area contributed by atoms with Crippen molar-refractivity contribution >= 4 is 23.4 Å². The van der Waals surface area contributed by atoms with Gasteiger partial charge in [0.15, 0.2) is 6.10 Å². The van der Waals surface area contributed by atoms with Crippen LogP contribution >= 0.6 is 11.8 Å². The summed E-state index contributed by atoms with van der Waals surface area (Å²) in [6, 6.07) is 14.1. The smallest absolute Gasteiger partial charge is 0.265 e. The quantitative estimate of drug-likeness (QED) is 0.647. The van der Waals surface area contributed by atoms with E-state index in [4.69, 9.17) is 14.7 Å². The summed E-state index contributed by atoms with van der Waals surface area (Å²) in [6.45, 7) is 1.68. The molecule has 5 nitrogen and oxygen atoms in total. The molecular formula is C17H16N2O3S. The SMILES string of the molecule is COc1ccc(OC(C)C(=O)Nc2ccc(SC#N)cc2)cc1. The Labute approximate surface area is 139 Å². The zero-order valence-corrected chi connectivity index (χ0v) is 13.6. The van der Waals surface area contributed by atoms with Gasteiger partial charge in [0.1, 0.15) is 16.9 Å². The Morgan fingerprint density at radius 3 is 2.30 bits per heavy atom. The first-order chi connectivity index (χ1) is 11.1. The molecule has 0 heterocycles. The molecule has 0 saturated heterocycles. The summed E-state index contributed by atoms with van der Waals surface area (Å²) in [5, 5.41) is 13.4. The molecule has 1 atom stereocenters. The van der Waals surface area contributed by atoms with Crippen molar-refractivity contribution in [3.63, 3.8) is 0 Å². The van der Waals surface area contributed by atoms with Gasteiger partial charge >= 0.3 is 0 Å². The predicted molar refractivity (Wildman–Crippen MR) is 89.6 cm³/mol. The van der Waals surface area contributed by atoms with E-state index in [1.807, 2.05) is 5.40 Å². The molecule has 1 unspecified atom stereocenters. The molecule has 0 aliphatic heterocycles. The monoisotopic (exact) mass is 328 g/mol. The Balaban J connectivity index is 1.92. The van der Waals surface area contributed by atoms with Gasteiger partial charge in [0.05, 0.1) is 7.11 Å². The van der Waals surface area contributed by atoms with Gasteiger partial charge in [-0.2, -0.15) is 5.26 Å². The van der Waals surface area contributed by atoms with Gasteiger partial charge in [0, 0.05) is 10.6 Å². The molecule has 0 spiro atoms. The van der Waals surface area contributed by atoms with Crippen molar-refractivity contribution in [1.29, 1.82) is 5.26 Å². The first-order valence-corrected chi connectivity index (χ1v) is 7.71. The van der Waals surface area contributed by atoms with Crippen LogP contribution in [0.5, 0.6) is 11.5 Å². The second-order valence-electron chi connectivity index (χ2n) is 4.64. The summed E-state index contributed by atoms with van der Waals surface area (Å²) in [5.41, 5.74) is 0.655. The van der Waals surface area contributed by atoms with Gasteiger partial charge in [-0.25, -0.2) is 0 Å². The van der Waals surface area contributed by atoms with Gasteiger partial charge in [-0.05, 0) is 67.2 Å². The van der Waals surface area contributed by atoms with E-state index >= 15 is 0 Å². The molecule has 0 radical (unpaired) electrons. The normalized spacial score (nSPS) is 11.2. The van der Waals surface area contributed by atoms with E-state index in [-0.39, 0.29) is 5.91 Å². The fourth-order valence-electron chi connectivity index (χ4n) is 1.81. The highest BCUT2D eigenvalue weighted by Gasteiger charge is 2.15. The number of methoxy groups -OCH3 is 1. The zero-order chi connectivity index (χ0) is 16.7. The minimum Gasteiger partial charge on any atom is -0.497 e. The summed E-state index contributed by atoms with van der Waals surface area (Å²) in [7, 11) is 1.59. The average molecular weight is 328 g/mol. The van der Waals surface area contributed by atoms with Crippen LogP contribution in [0, 0.1) is 10.7 Å². The molecule has 0 aliphatic rings. The molecule has 23 heavy (non-hydrogen) atoms. The Morgan fingerprint density at radius 2 is 1.74 bits per heavy atom. The molecule has 1 amide bonds. The number of hydrogen-bond donors (Lipinski definition) is 1. The fourth-order valence-corrected chi connectivity index (χ4v) is 2.19. The summed E-state index contributed by atoms with van der Waals surface area (Å²) >= 11 is 1.07. The standard InChI is InChI=1S/C17H16N2O3S/c1-12(22-15-7-5-14(21-2)6-8-15)17(20)19-13-3-9-16(10-4-13)23-11-18/h3-10,12H,1-2H3,(H,19,20). The van der Waals surface area contributed by atoms with Crippen molar-refractivity contribution in [2.45, 2.75) is 17.9 Å². The van der Waals surface area contributed by atoms with Gasteiger partial charge in [0.2, 0.25) is 0 Å². The van der Waals surface area contributed by atoms with Crippen molar-refractivity contribution < 1.29 is 14.3 Å². The predicted octanol–water partition coefficient (Wildman–Crippen LogP) is 3.67. The Hall–Kier alpha value is -2.65. The molecule has 6 heteroatoms. The molecule has 0 aromatic heterocycles. The van der Waals surface area contributed by atoms with Crippen molar-refractivity contribution in [3.05, 3.63) is 48.5 Å².